The van der Waals surface area contributed by atoms with Crippen LogP contribution in [0.5, 0.6) is 0 Å². The van der Waals surface area contributed by atoms with Crippen molar-refractivity contribution in [2.45, 2.75) is 39.1 Å². The third kappa shape index (κ3) is 4.16. The van der Waals surface area contributed by atoms with Gasteiger partial charge in [0.25, 0.3) is 15.9 Å². The molecule has 7 heteroatoms. The fourth-order valence-electron chi connectivity index (χ4n) is 4.09. The Morgan fingerprint density at radius 3 is 2.22 bits per heavy atom. The molecule has 4 rings (SSSR count). The Kier molecular flexibility index (Phi) is 5.60. The van der Waals surface area contributed by atoms with E-state index >= 15 is 0 Å². The molecule has 1 amide bonds. The van der Waals surface area contributed by atoms with Crippen molar-refractivity contribution < 1.29 is 13.2 Å². The van der Waals surface area contributed by atoms with Crippen LogP contribution in [0.2, 0.25) is 0 Å². The van der Waals surface area contributed by atoms with Gasteiger partial charge >= 0.3 is 0 Å². The highest BCUT2D eigenvalue weighted by Gasteiger charge is 2.23. The first-order valence-corrected chi connectivity index (χ1v) is 11.8. The quantitative estimate of drug-likeness (QED) is 0.491. The number of carbonyl (C=O) groups is 1. The van der Waals surface area contributed by atoms with Crippen LogP contribution in [0.3, 0.4) is 0 Å². The van der Waals surface area contributed by atoms with Crippen molar-refractivity contribution in [3.8, 4) is 0 Å². The zero-order valence-corrected chi connectivity index (χ0v) is 19.3. The van der Waals surface area contributed by atoms with Crippen molar-refractivity contribution in [1.29, 1.82) is 0 Å². The molecular weight excluding hydrogens is 422 g/mol. The standard InChI is InChI=1S/C25H25N3O3S/c1-16-5-6-20-14-24(25(29)27-32(30,31)21-7-9-26-10-8-21)28(23(20)13-16)15-22-18(3)11-17(2)12-19(22)4/h5-14H,15H2,1-4H3,(H,27,29). The van der Waals surface area contributed by atoms with Gasteiger partial charge in [0.15, 0.2) is 0 Å². The molecule has 4 aromatic rings. The van der Waals surface area contributed by atoms with Gasteiger partial charge < -0.3 is 4.57 Å². The van der Waals surface area contributed by atoms with Crippen LogP contribution in [-0.2, 0) is 16.6 Å². The minimum absolute atomic E-state index is 0.00965. The molecule has 1 N–H and O–H groups in total. The number of nitrogens with one attached hydrogen (secondary N) is 1. The third-order valence-electron chi connectivity index (χ3n) is 5.64. The maximum atomic E-state index is 13.2. The molecule has 164 valence electrons. The van der Waals surface area contributed by atoms with Gasteiger partial charge in [-0.2, -0.15) is 0 Å². The summed E-state index contributed by atoms with van der Waals surface area (Å²) in [5.74, 6) is -0.668. The molecule has 6 nitrogen and oxygen atoms in total. The molecule has 32 heavy (non-hydrogen) atoms. The van der Waals surface area contributed by atoms with Gasteiger partial charge in [-0.25, -0.2) is 13.1 Å². The number of sulfonamides is 1. The van der Waals surface area contributed by atoms with E-state index in [1.165, 1.54) is 30.1 Å². The lowest BCUT2D eigenvalue weighted by Crippen LogP contribution is -2.32. The van der Waals surface area contributed by atoms with Gasteiger partial charge in [-0.1, -0.05) is 29.8 Å². The molecule has 0 aliphatic rings. The van der Waals surface area contributed by atoms with E-state index in [4.69, 9.17) is 0 Å². The molecule has 0 atom stereocenters. The van der Waals surface area contributed by atoms with Gasteiger partial charge in [0.2, 0.25) is 0 Å². The number of aromatic nitrogens is 2. The highest BCUT2D eigenvalue weighted by Crippen LogP contribution is 2.26. The zero-order chi connectivity index (χ0) is 23.0. The first-order valence-electron chi connectivity index (χ1n) is 10.3. The lowest BCUT2D eigenvalue weighted by atomic mass is 9.99. The highest BCUT2D eigenvalue weighted by molar-refractivity contribution is 7.90. The number of rotatable bonds is 5. The van der Waals surface area contributed by atoms with Crippen molar-refractivity contribution in [1.82, 2.24) is 14.3 Å². The molecule has 0 unspecified atom stereocenters. The molecule has 0 aliphatic carbocycles. The molecule has 2 aromatic heterocycles. The summed E-state index contributed by atoms with van der Waals surface area (Å²) >= 11 is 0. The van der Waals surface area contributed by atoms with Gasteiger partial charge in [0.05, 0.1) is 4.90 Å². The largest absolute Gasteiger partial charge is 0.332 e. The summed E-state index contributed by atoms with van der Waals surface area (Å²) in [6.07, 6.45) is 2.75. The van der Waals surface area contributed by atoms with Crippen molar-refractivity contribution in [2.24, 2.45) is 0 Å². The van der Waals surface area contributed by atoms with E-state index < -0.39 is 15.9 Å². The number of carbonyl (C=O) groups excluding carboxylic acids is 1. The van der Waals surface area contributed by atoms with Crippen molar-refractivity contribution >= 4 is 26.8 Å². The van der Waals surface area contributed by atoms with E-state index in [9.17, 15) is 13.2 Å². The van der Waals surface area contributed by atoms with E-state index in [2.05, 4.69) is 42.6 Å². The van der Waals surface area contributed by atoms with Crippen LogP contribution < -0.4 is 4.72 Å². The number of pyridine rings is 1. The Bertz CT molecular complexity index is 1420. The smallest absolute Gasteiger partial charge is 0.281 e. The third-order valence-corrected chi connectivity index (χ3v) is 6.98. The van der Waals surface area contributed by atoms with E-state index in [-0.39, 0.29) is 4.90 Å². The van der Waals surface area contributed by atoms with Gasteiger partial charge in [0, 0.05) is 29.8 Å². The molecule has 2 aromatic carbocycles. The monoisotopic (exact) mass is 447 g/mol. The van der Waals surface area contributed by atoms with Crippen molar-refractivity contribution in [3.05, 3.63) is 94.4 Å². The van der Waals surface area contributed by atoms with Crippen LogP contribution in [0, 0.1) is 27.7 Å². The fourth-order valence-corrected chi connectivity index (χ4v) is 5.04. The molecule has 0 fully saturated rings. The average Bonchev–Trinajstić information content (AvgIpc) is 3.08. The molecule has 2 heterocycles. The SMILES string of the molecule is Cc1cc(C)c(Cn2c(C(=O)NS(=O)(=O)c3ccncc3)cc3ccc(C)cc32)c(C)c1. The summed E-state index contributed by atoms with van der Waals surface area (Å²) in [6.45, 7) is 8.62. The second-order valence-corrected chi connectivity index (χ2v) is 9.86. The summed E-state index contributed by atoms with van der Waals surface area (Å²) in [6, 6.07) is 14.6. The van der Waals surface area contributed by atoms with Gasteiger partial charge in [0.1, 0.15) is 5.69 Å². The topological polar surface area (TPSA) is 81.1 Å². The summed E-state index contributed by atoms with van der Waals surface area (Å²) < 4.78 is 29.6. The molecular formula is C25H25N3O3S. The minimum Gasteiger partial charge on any atom is -0.332 e. The highest BCUT2D eigenvalue weighted by atomic mass is 32.2. The van der Waals surface area contributed by atoms with Crippen LogP contribution in [0.1, 0.15) is 38.3 Å². The summed E-state index contributed by atoms with van der Waals surface area (Å²) in [7, 11) is -4.02. The van der Waals surface area contributed by atoms with Crippen LogP contribution in [-0.4, -0.2) is 23.9 Å². The molecule has 0 spiro atoms. The van der Waals surface area contributed by atoms with E-state index in [0.717, 1.165) is 33.2 Å². The van der Waals surface area contributed by atoms with Crippen LogP contribution in [0.15, 0.2) is 65.8 Å². The first kappa shape index (κ1) is 21.8. The maximum Gasteiger partial charge on any atom is 0.281 e. The van der Waals surface area contributed by atoms with Gasteiger partial charge in [-0.3, -0.25) is 9.78 Å². The van der Waals surface area contributed by atoms with Crippen molar-refractivity contribution in [2.75, 3.05) is 0 Å². The van der Waals surface area contributed by atoms with Crippen molar-refractivity contribution in [3.63, 3.8) is 0 Å². The predicted molar refractivity (Wildman–Crippen MR) is 125 cm³/mol. The normalized spacial score (nSPS) is 11.6. The summed E-state index contributed by atoms with van der Waals surface area (Å²) in [4.78, 5) is 17.0. The molecule has 0 aliphatic heterocycles. The van der Waals surface area contributed by atoms with Gasteiger partial charge in [-0.05, 0) is 74.2 Å². The first-order chi connectivity index (χ1) is 15.2. The lowest BCUT2D eigenvalue weighted by molar-refractivity contribution is 0.0973. The van der Waals surface area contributed by atoms with Crippen LogP contribution in [0.25, 0.3) is 10.9 Å². The molecule has 0 saturated carbocycles. The Labute approximate surface area is 188 Å². The van der Waals surface area contributed by atoms with Gasteiger partial charge in [-0.15, -0.1) is 0 Å². The fraction of sp³-hybridized carbons (Fsp3) is 0.200. The summed E-state index contributed by atoms with van der Waals surface area (Å²) in [5, 5.41) is 0.879. The number of amides is 1. The Hall–Kier alpha value is -3.45. The van der Waals surface area contributed by atoms with E-state index in [1.807, 2.05) is 29.7 Å². The molecule has 0 bridgehead atoms. The Balaban J connectivity index is 1.81. The van der Waals surface area contributed by atoms with E-state index in [0.29, 0.717) is 12.2 Å². The lowest BCUT2D eigenvalue weighted by Gasteiger charge is -2.16. The van der Waals surface area contributed by atoms with E-state index in [1.54, 1.807) is 6.07 Å². The summed E-state index contributed by atoms with van der Waals surface area (Å²) in [5.41, 5.74) is 6.79. The Morgan fingerprint density at radius 1 is 0.906 bits per heavy atom. The predicted octanol–water partition coefficient (Wildman–Crippen LogP) is 4.44. The average molecular weight is 448 g/mol. The second kappa shape index (κ2) is 8.24. The number of nitrogens with zero attached hydrogens (tertiary/aromatic N) is 2. The number of fused-ring (bicyclic) bond motifs is 1. The zero-order valence-electron chi connectivity index (χ0n) is 18.5. The number of aryl methyl sites for hydroxylation is 4. The molecule has 0 radical (unpaired) electrons. The maximum absolute atomic E-state index is 13.2. The van der Waals surface area contributed by atoms with Crippen LogP contribution in [0.4, 0.5) is 0 Å². The number of hydrogen-bond acceptors (Lipinski definition) is 4. The second-order valence-electron chi connectivity index (χ2n) is 8.17. The minimum atomic E-state index is -4.02. The Morgan fingerprint density at radius 2 is 1.56 bits per heavy atom. The van der Waals surface area contributed by atoms with Crippen LogP contribution >= 0.6 is 0 Å². The number of hydrogen-bond donors (Lipinski definition) is 1. The molecule has 0 saturated heterocycles. The number of benzene rings is 2.